The lowest BCUT2D eigenvalue weighted by atomic mass is 9.71. The van der Waals surface area contributed by atoms with E-state index in [4.69, 9.17) is 9.72 Å². The van der Waals surface area contributed by atoms with Gasteiger partial charge in [0.25, 0.3) is 0 Å². The van der Waals surface area contributed by atoms with Crippen LogP contribution >= 0.6 is 11.3 Å². The van der Waals surface area contributed by atoms with E-state index in [2.05, 4.69) is 47.5 Å². The van der Waals surface area contributed by atoms with Crippen molar-refractivity contribution in [3.8, 4) is 0 Å². The Kier molecular flexibility index (Phi) is 6.72. The summed E-state index contributed by atoms with van der Waals surface area (Å²) < 4.78 is 5.97. The molecule has 2 aromatic rings. The third-order valence-corrected chi connectivity index (χ3v) is 10.6. The van der Waals surface area contributed by atoms with Gasteiger partial charge in [-0.2, -0.15) is 0 Å². The molecule has 1 aromatic carbocycles. The second-order valence-electron chi connectivity index (χ2n) is 11.3. The first-order valence-corrected chi connectivity index (χ1v) is 14.6. The molecule has 4 heterocycles. The van der Waals surface area contributed by atoms with Gasteiger partial charge in [0.15, 0.2) is 0 Å². The molecular weight excluding hydrogens is 454 g/mol. The van der Waals surface area contributed by atoms with Crippen LogP contribution < -0.4 is 5.32 Å². The number of hydrogen-bond donors (Lipinski definition) is 1. The molecule has 1 aromatic heterocycles. The number of nitrogens with one attached hydrogen (secondary N) is 1. The van der Waals surface area contributed by atoms with Crippen molar-refractivity contribution in [2.24, 2.45) is 11.8 Å². The first kappa shape index (κ1) is 23.6. The molecule has 0 radical (unpaired) electrons. The van der Waals surface area contributed by atoms with Gasteiger partial charge in [-0.1, -0.05) is 49.6 Å². The summed E-state index contributed by atoms with van der Waals surface area (Å²) in [6.45, 7) is 5.88. The van der Waals surface area contributed by atoms with E-state index in [0.29, 0.717) is 37.0 Å². The van der Waals surface area contributed by atoms with Crippen molar-refractivity contribution in [1.82, 2.24) is 15.2 Å². The van der Waals surface area contributed by atoms with Gasteiger partial charge in [0.1, 0.15) is 0 Å². The van der Waals surface area contributed by atoms with Crippen LogP contribution in [0.1, 0.15) is 78.4 Å². The molecule has 6 heteroatoms. The van der Waals surface area contributed by atoms with Gasteiger partial charge in [0.05, 0.1) is 23.2 Å². The highest BCUT2D eigenvalue weighted by Gasteiger charge is 2.53. The van der Waals surface area contributed by atoms with Gasteiger partial charge in [-0.15, -0.1) is 11.3 Å². The van der Waals surface area contributed by atoms with Crippen molar-refractivity contribution in [3.63, 3.8) is 0 Å². The molecule has 2 saturated heterocycles. The smallest absolute Gasteiger partial charge is 0.228 e. The maximum atomic E-state index is 14.5. The molecule has 1 spiro atoms. The highest BCUT2D eigenvalue weighted by molar-refractivity contribution is 7.11. The standard InChI is InChI=1S/C29H39N3O2S/c1-20-31-25-18-34-15-13-29(27(25)35-20)19-30-17-24(29)28(33)32-14-12-23(21-8-4-2-5-9-21)16-26(32)22-10-6-3-7-11-22/h2,4-5,8-9,22-24,26,30H,3,6-7,10-19H2,1H3/t23-,24?,26+,29-/m1/s1. The van der Waals surface area contributed by atoms with Crippen LogP contribution in [-0.2, 0) is 21.6 Å². The highest BCUT2D eigenvalue weighted by Crippen LogP contribution is 2.47. The molecule has 1 aliphatic carbocycles. The zero-order valence-corrected chi connectivity index (χ0v) is 21.8. The summed E-state index contributed by atoms with van der Waals surface area (Å²) >= 11 is 1.79. The minimum Gasteiger partial charge on any atom is -0.375 e. The number of fused-ring (bicyclic) bond motifs is 2. The zero-order chi connectivity index (χ0) is 23.8. The van der Waals surface area contributed by atoms with E-state index in [9.17, 15) is 4.79 Å². The van der Waals surface area contributed by atoms with E-state index in [-0.39, 0.29) is 11.3 Å². The van der Waals surface area contributed by atoms with Gasteiger partial charge in [-0.05, 0) is 56.4 Å². The number of nitrogens with zero attached hydrogens (tertiary/aromatic N) is 2. The quantitative estimate of drug-likeness (QED) is 0.640. The molecule has 4 aliphatic rings. The maximum Gasteiger partial charge on any atom is 0.228 e. The number of hydrogen-bond acceptors (Lipinski definition) is 5. The Morgan fingerprint density at radius 3 is 2.83 bits per heavy atom. The Bertz CT molecular complexity index is 1030. The predicted molar refractivity (Wildman–Crippen MR) is 140 cm³/mol. The van der Waals surface area contributed by atoms with Gasteiger partial charge < -0.3 is 15.0 Å². The van der Waals surface area contributed by atoms with Crippen LogP contribution in [0.15, 0.2) is 30.3 Å². The average Bonchev–Trinajstić information content (AvgIpc) is 3.46. The molecule has 4 atom stereocenters. The van der Waals surface area contributed by atoms with Crippen LogP contribution in [0.3, 0.4) is 0 Å². The number of benzene rings is 1. The van der Waals surface area contributed by atoms with Crippen LogP contribution in [-0.4, -0.2) is 48.1 Å². The molecule has 1 amide bonds. The van der Waals surface area contributed by atoms with Crippen molar-refractivity contribution in [2.45, 2.75) is 82.3 Å². The number of rotatable bonds is 3. The number of likely N-dealkylation sites (tertiary alicyclic amines) is 1. The summed E-state index contributed by atoms with van der Waals surface area (Å²) in [6, 6.07) is 11.4. The van der Waals surface area contributed by atoms with Crippen LogP contribution in [0.5, 0.6) is 0 Å². The number of carbonyl (C=O) groups is 1. The monoisotopic (exact) mass is 493 g/mol. The first-order valence-electron chi connectivity index (χ1n) is 13.8. The minimum atomic E-state index is -0.178. The van der Waals surface area contributed by atoms with Crippen molar-refractivity contribution in [3.05, 3.63) is 51.5 Å². The zero-order valence-electron chi connectivity index (χ0n) is 21.0. The van der Waals surface area contributed by atoms with Gasteiger partial charge in [0, 0.05) is 42.6 Å². The topological polar surface area (TPSA) is 54.5 Å². The molecule has 6 rings (SSSR count). The molecule has 35 heavy (non-hydrogen) atoms. The predicted octanol–water partition coefficient (Wildman–Crippen LogP) is 5.18. The minimum absolute atomic E-state index is 0.0258. The van der Waals surface area contributed by atoms with Crippen molar-refractivity contribution < 1.29 is 9.53 Å². The summed E-state index contributed by atoms with van der Waals surface area (Å²) in [5.74, 6) is 1.56. The fraction of sp³-hybridized carbons (Fsp3) is 0.655. The van der Waals surface area contributed by atoms with E-state index in [1.807, 2.05) is 0 Å². The van der Waals surface area contributed by atoms with Gasteiger partial charge >= 0.3 is 0 Å². The normalized spacial score (nSPS) is 31.9. The van der Waals surface area contributed by atoms with Crippen molar-refractivity contribution >= 4 is 17.2 Å². The Morgan fingerprint density at radius 2 is 2.00 bits per heavy atom. The number of ether oxygens (including phenoxy) is 1. The molecule has 1 unspecified atom stereocenters. The number of thiazole rings is 1. The number of aryl methyl sites for hydroxylation is 1. The summed E-state index contributed by atoms with van der Waals surface area (Å²) in [5.41, 5.74) is 2.34. The molecule has 188 valence electrons. The number of aromatic nitrogens is 1. The Balaban J connectivity index is 1.31. The molecule has 5 nitrogen and oxygen atoms in total. The van der Waals surface area contributed by atoms with Crippen LogP contribution in [0.4, 0.5) is 0 Å². The van der Waals surface area contributed by atoms with E-state index in [1.165, 1.54) is 42.5 Å². The third-order valence-electron chi connectivity index (χ3n) is 9.33. The van der Waals surface area contributed by atoms with E-state index in [1.54, 1.807) is 11.3 Å². The molecule has 0 bridgehead atoms. The summed E-state index contributed by atoms with van der Waals surface area (Å²) in [6.07, 6.45) is 9.61. The first-order chi connectivity index (χ1) is 17.2. The van der Waals surface area contributed by atoms with E-state index >= 15 is 0 Å². The molecule has 3 aliphatic heterocycles. The largest absolute Gasteiger partial charge is 0.375 e. The summed E-state index contributed by atoms with van der Waals surface area (Å²) in [5, 5.41) is 4.72. The number of amides is 1. The highest BCUT2D eigenvalue weighted by atomic mass is 32.1. The lowest BCUT2D eigenvalue weighted by Crippen LogP contribution is -2.54. The van der Waals surface area contributed by atoms with E-state index < -0.39 is 0 Å². The molecule has 3 fully saturated rings. The number of carbonyl (C=O) groups excluding carboxylic acids is 1. The van der Waals surface area contributed by atoms with Gasteiger partial charge in [0.2, 0.25) is 5.91 Å². The van der Waals surface area contributed by atoms with Gasteiger partial charge in [-0.25, -0.2) is 4.98 Å². The molecular formula is C29H39N3O2S. The Labute approximate surface area is 213 Å². The Hall–Kier alpha value is -1.76. The fourth-order valence-electron chi connectivity index (χ4n) is 7.54. The second kappa shape index (κ2) is 9.95. The van der Waals surface area contributed by atoms with Crippen molar-refractivity contribution in [2.75, 3.05) is 26.2 Å². The van der Waals surface area contributed by atoms with Gasteiger partial charge in [-0.3, -0.25) is 4.79 Å². The third kappa shape index (κ3) is 4.36. The Morgan fingerprint density at radius 1 is 1.17 bits per heavy atom. The van der Waals surface area contributed by atoms with Crippen molar-refractivity contribution in [1.29, 1.82) is 0 Å². The summed E-state index contributed by atoms with van der Waals surface area (Å²) in [4.78, 5) is 23.0. The average molecular weight is 494 g/mol. The van der Waals surface area contributed by atoms with Crippen LogP contribution in [0, 0.1) is 18.8 Å². The SMILES string of the molecule is Cc1nc2c(s1)[C@]1(CCOC2)CNCC1C(=O)N1CC[C@@H](c2ccccc2)C[C@H]1C1CCCCC1. The molecule has 1 N–H and O–H groups in total. The maximum absolute atomic E-state index is 14.5. The number of piperidine rings is 1. The second-order valence-corrected chi connectivity index (χ2v) is 12.5. The van der Waals surface area contributed by atoms with Crippen LogP contribution in [0.2, 0.25) is 0 Å². The molecule has 1 saturated carbocycles. The fourth-order valence-corrected chi connectivity index (χ4v) is 8.74. The lowest BCUT2D eigenvalue weighted by Gasteiger charge is -2.47. The van der Waals surface area contributed by atoms with E-state index in [0.717, 1.165) is 49.6 Å². The lowest BCUT2D eigenvalue weighted by molar-refractivity contribution is -0.143. The summed E-state index contributed by atoms with van der Waals surface area (Å²) in [7, 11) is 0. The van der Waals surface area contributed by atoms with Crippen LogP contribution in [0.25, 0.3) is 0 Å².